The molecule has 2 rings (SSSR count). The number of ether oxygens (including phenoxy) is 1. The van der Waals surface area contributed by atoms with E-state index in [0.29, 0.717) is 18.0 Å². The third-order valence-electron chi connectivity index (χ3n) is 3.73. The zero-order valence-electron chi connectivity index (χ0n) is 13.0. The standard InChI is InChI=1S/C15H21NO4S2/c1-11-4-5-12(2)14(8-11)22(18,19)16-7-6-13(9-16)21-10-15(17)20-3/h4-5,8,13H,6-7,9-10H2,1-3H3/t13-/m0/s1. The number of carbonyl (C=O) groups is 1. The quantitative estimate of drug-likeness (QED) is 0.765. The summed E-state index contributed by atoms with van der Waals surface area (Å²) in [5.74, 6) is -0.0146. The molecule has 0 spiro atoms. The van der Waals surface area contributed by atoms with Crippen molar-refractivity contribution < 1.29 is 17.9 Å². The molecule has 0 unspecified atom stereocenters. The summed E-state index contributed by atoms with van der Waals surface area (Å²) in [5, 5.41) is 0.138. The van der Waals surface area contributed by atoms with Gasteiger partial charge in [0.25, 0.3) is 0 Å². The smallest absolute Gasteiger partial charge is 0.315 e. The summed E-state index contributed by atoms with van der Waals surface area (Å²) in [6, 6.07) is 5.47. The van der Waals surface area contributed by atoms with Gasteiger partial charge in [0, 0.05) is 18.3 Å². The average Bonchev–Trinajstić information content (AvgIpc) is 2.96. The molecule has 22 heavy (non-hydrogen) atoms. The van der Waals surface area contributed by atoms with Crippen molar-refractivity contribution in [3.8, 4) is 0 Å². The van der Waals surface area contributed by atoms with Crippen molar-refractivity contribution in [2.24, 2.45) is 0 Å². The largest absolute Gasteiger partial charge is 0.468 e. The number of sulfonamides is 1. The van der Waals surface area contributed by atoms with Crippen molar-refractivity contribution in [1.29, 1.82) is 0 Å². The molecule has 0 N–H and O–H groups in total. The number of thioether (sulfide) groups is 1. The van der Waals surface area contributed by atoms with E-state index in [1.165, 1.54) is 23.2 Å². The summed E-state index contributed by atoms with van der Waals surface area (Å²) >= 11 is 1.46. The van der Waals surface area contributed by atoms with Gasteiger partial charge in [0.2, 0.25) is 10.0 Å². The summed E-state index contributed by atoms with van der Waals surface area (Å²) in [6.07, 6.45) is 0.756. The van der Waals surface area contributed by atoms with Crippen LogP contribution in [-0.4, -0.2) is 49.9 Å². The van der Waals surface area contributed by atoms with Crippen LogP contribution in [0.2, 0.25) is 0 Å². The van der Waals surface area contributed by atoms with Gasteiger partial charge in [0.1, 0.15) is 0 Å². The maximum absolute atomic E-state index is 12.8. The Bertz CT molecular complexity index is 658. The van der Waals surface area contributed by atoms with E-state index < -0.39 is 10.0 Å². The molecule has 0 radical (unpaired) electrons. The van der Waals surface area contributed by atoms with E-state index in [-0.39, 0.29) is 17.0 Å². The fourth-order valence-electron chi connectivity index (χ4n) is 2.42. The molecule has 1 fully saturated rings. The number of aryl methyl sites for hydroxylation is 2. The minimum Gasteiger partial charge on any atom is -0.468 e. The van der Waals surface area contributed by atoms with Crippen LogP contribution in [0.3, 0.4) is 0 Å². The Morgan fingerprint density at radius 2 is 2.14 bits per heavy atom. The maximum atomic E-state index is 12.8. The fraction of sp³-hybridized carbons (Fsp3) is 0.533. The second-order valence-electron chi connectivity index (χ2n) is 5.43. The zero-order valence-corrected chi connectivity index (χ0v) is 14.7. The first kappa shape index (κ1) is 17.3. The molecule has 1 aliphatic heterocycles. The predicted molar refractivity (Wildman–Crippen MR) is 87.6 cm³/mol. The minimum absolute atomic E-state index is 0.138. The number of methoxy groups -OCH3 is 1. The Hall–Kier alpha value is -1.05. The molecule has 1 heterocycles. The van der Waals surface area contributed by atoms with Gasteiger partial charge in [-0.15, -0.1) is 11.8 Å². The van der Waals surface area contributed by atoms with Crippen LogP contribution in [0.1, 0.15) is 17.5 Å². The lowest BCUT2D eigenvalue weighted by Crippen LogP contribution is -2.30. The molecule has 1 atom stereocenters. The first-order valence-corrected chi connectivity index (χ1v) is 9.59. The van der Waals surface area contributed by atoms with Crippen LogP contribution >= 0.6 is 11.8 Å². The van der Waals surface area contributed by atoms with Gasteiger partial charge in [-0.3, -0.25) is 4.79 Å². The van der Waals surface area contributed by atoms with Crippen LogP contribution in [0.15, 0.2) is 23.1 Å². The van der Waals surface area contributed by atoms with Crippen LogP contribution < -0.4 is 0 Å². The Labute approximate surface area is 136 Å². The lowest BCUT2D eigenvalue weighted by Gasteiger charge is -2.18. The third kappa shape index (κ3) is 3.83. The third-order valence-corrected chi connectivity index (χ3v) is 7.00. The van der Waals surface area contributed by atoms with Crippen LogP contribution in [0.5, 0.6) is 0 Å². The van der Waals surface area contributed by atoms with Gasteiger partial charge in [-0.05, 0) is 37.5 Å². The van der Waals surface area contributed by atoms with E-state index in [2.05, 4.69) is 4.74 Å². The average molecular weight is 343 g/mol. The maximum Gasteiger partial charge on any atom is 0.315 e. The fourth-order valence-corrected chi connectivity index (χ4v) is 5.37. The predicted octanol–water partition coefficient (Wildman–Crippen LogP) is 1.97. The van der Waals surface area contributed by atoms with E-state index in [1.54, 1.807) is 6.07 Å². The lowest BCUT2D eigenvalue weighted by molar-refractivity contribution is -0.137. The van der Waals surface area contributed by atoms with Crippen molar-refractivity contribution >= 4 is 27.8 Å². The highest BCUT2D eigenvalue weighted by Crippen LogP contribution is 2.29. The molecule has 122 valence electrons. The number of benzene rings is 1. The zero-order chi connectivity index (χ0) is 16.3. The molecular formula is C15H21NO4S2. The molecule has 0 bridgehead atoms. The highest BCUT2D eigenvalue weighted by Gasteiger charge is 2.33. The minimum atomic E-state index is -3.47. The highest BCUT2D eigenvalue weighted by atomic mass is 32.2. The molecule has 5 nitrogen and oxygen atoms in total. The summed E-state index contributed by atoms with van der Waals surface area (Å²) in [7, 11) is -2.11. The normalized spacial score (nSPS) is 19.3. The summed E-state index contributed by atoms with van der Waals surface area (Å²) < 4.78 is 31.7. The van der Waals surface area contributed by atoms with Gasteiger partial charge in [-0.1, -0.05) is 12.1 Å². The molecule has 1 aromatic carbocycles. The van der Waals surface area contributed by atoms with Crippen LogP contribution in [0.4, 0.5) is 0 Å². The van der Waals surface area contributed by atoms with Gasteiger partial charge in [-0.2, -0.15) is 4.31 Å². The Kier molecular flexibility index (Phi) is 5.52. The van der Waals surface area contributed by atoms with Crippen molar-refractivity contribution in [2.75, 3.05) is 26.0 Å². The van der Waals surface area contributed by atoms with Crippen LogP contribution in [0.25, 0.3) is 0 Å². The van der Waals surface area contributed by atoms with E-state index in [4.69, 9.17) is 0 Å². The van der Waals surface area contributed by atoms with Crippen molar-refractivity contribution in [3.63, 3.8) is 0 Å². The van der Waals surface area contributed by atoms with Gasteiger partial charge >= 0.3 is 5.97 Å². The summed E-state index contributed by atoms with van der Waals surface area (Å²) in [5.41, 5.74) is 1.69. The van der Waals surface area contributed by atoms with E-state index in [0.717, 1.165) is 17.5 Å². The first-order chi connectivity index (χ1) is 10.3. The highest BCUT2D eigenvalue weighted by molar-refractivity contribution is 8.00. The van der Waals surface area contributed by atoms with Crippen LogP contribution in [-0.2, 0) is 19.6 Å². The molecule has 1 aromatic rings. The number of esters is 1. The second-order valence-corrected chi connectivity index (χ2v) is 8.62. The van der Waals surface area contributed by atoms with Crippen molar-refractivity contribution in [2.45, 2.75) is 30.4 Å². The molecule has 1 saturated heterocycles. The van der Waals surface area contributed by atoms with Gasteiger partial charge in [0.05, 0.1) is 17.8 Å². The van der Waals surface area contributed by atoms with E-state index >= 15 is 0 Å². The van der Waals surface area contributed by atoms with Gasteiger partial charge < -0.3 is 4.74 Å². The Balaban J connectivity index is 2.09. The molecule has 1 aliphatic rings. The first-order valence-electron chi connectivity index (χ1n) is 7.10. The number of carbonyl (C=O) groups excluding carboxylic acids is 1. The molecule has 0 aliphatic carbocycles. The van der Waals surface area contributed by atoms with E-state index in [9.17, 15) is 13.2 Å². The molecule has 7 heteroatoms. The summed E-state index contributed by atoms with van der Waals surface area (Å²) in [6.45, 7) is 4.63. The molecule has 0 aromatic heterocycles. The van der Waals surface area contributed by atoms with Gasteiger partial charge in [0.15, 0.2) is 0 Å². The summed E-state index contributed by atoms with van der Waals surface area (Å²) in [4.78, 5) is 11.6. The number of nitrogens with zero attached hydrogens (tertiary/aromatic N) is 1. The Morgan fingerprint density at radius 3 is 2.82 bits per heavy atom. The molecule has 0 saturated carbocycles. The molecule has 0 amide bonds. The van der Waals surface area contributed by atoms with E-state index in [1.807, 2.05) is 26.0 Å². The lowest BCUT2D eigenvalue weighted by atomic mass is 10.2. The number of rotatable bonds is 5. The number of hydrogen-bond donors (Lipinski definition) is 0. The van der Waals surface area contributed by atoms with Crippen LogP contribution in [0, 0.1) is 13.8 Å². The monoisotopic (exact) mass is 343 g/mol. The SMILES string of the molecule is COC(=O)CS[C@H]1CCN(S(=O)(=O)c2cc(C)ccc2C)C1. The van der Waals surface area contributed by atoms with Crippen molar-refractivity contribution in [3.05, 3.63) is 29.3 Å². The van der Waals surface area contributed by atoms with Crippen molar-refractivity contribution in [1.82, 2.24) is 4.31 Å². The topological polar surface area (TPSA) is 63.7 Å². The Morgan fingerprint density at radius 1 is 1.41 bits per heavy atom. The second kappa shape index (κ2) is 7.02. The molecular weight excluding hydrogens is 322 g/mol. The number of hydrogen-bond acceptors (Lipinski definition) is 5. The van der Waals surface area contributed by atoms with Gasteiger partial charge in [-0.25, -0.2) is 8.42 Å².